The van der Waals surface area contributed by atoms with Crippen LogP contribution >= 0.6 is 34.8 Å². The number of rotatable bonds is 4. The molecule has 2 amide bonds. The van der Waals surface area contributed by atoms with E-state index >= 15 is 0 Å². The van der Waals surface area contributed by atoms with E-state index in [0.717, 1.165) is 16.5 Å². The van der Waals surface area contributed by atoms with Crippen LogP contribution in [0.2, 0.25) is 15.1 Å². The van der Waals surface area contributed by atoms with Gasteiger partial charge in [0.15, 0.2) is 0 Å². The third-order valence-corrected chi connectivity index (χ3v) is 4.56. The molecule has 0 unspecified atom stereocenters. The van der Waals surface area contributed by atoms with Gasteiger partial charge in [0.2, 0.25) is 0 Å². The summed E-state index contributed by atoms with van der Waals surface area (Å²) in [4.78, 5) is 15.1. The fourth-order valence-corrected chi connectivity index (χ4v) is 2.89. The molecule has 0 fully saturated rings. The molecule has 0 radical (unpaired) electrons. The normalized spacial score (nSPS) is 10.8. The Morgan fingerprint density at radius 3 is 2.67 bits per heavy atom. The summed E-state index contributed by atoms with van der Waals surface area (Å²) in [5, 5.41) is 8.12. The lowest BCUT2D eigenvalue weighted by molar-refractivity contribution is 0.252. The van der Waals surface area contributed by atoms with Crippen molar-refractivity contribution >= 4 is 57.4 Å². The monoisotopic (exact) mass is 381 g/mol. The van der Waals surface area contributed by atoms with Crippen molar-refractivity contribution in [2.45, 2.75) is 6.42 Å². The topological polar surface area (TPSA) is 56.9 Å². The van der Waals surface area contributed by atoms with Crippen LogP contribution in [-0.2, 0) is 6.42 Å². The minimum atomic E-state index is -0.300. The van der Waals surface area contributed by atoms with Crippen molar-refractivity contribution in [3.63, 3.8) is 0 Å². The van der Waals surface area contributed by atoms with Crippen molar-refractivity contribution in [3.8, 4) is 0 Å². The smallest absolute Gasteiger partial charge is 0.319 e. The highest BCUT2D eigenvalue weighted by atomic mass is 35.5. The van der Waals surface area contributed by atoms with Crippen molar-refractivity contribution < 1.29 is 4.79 Å². The van der Waals surface area contributed by atoms with Gasteiger partial charge < -0.3 is 15.6 Å². The van der Waals surface area contributed by atoms with E-state index in [4.69, 9.17) is 34.8 Å². The van der Waals surface area contributed by atoms with Gasteiger partial charge in [-0.3, -0.25) is 0 Å². The predicted octanol–water partition coefficient (Wildman–Crippen LogP) is 5.49. The molecule has 124 valence electrons. The fraction of sp³-hybridized carbons (Fsp3) is 0.118. The highest BCUT2D eigenvalue weighted by molar-refractivity contribution is 6.42. The van der Waals surface area contributed by atoms with E-state index in [1.54, 1.807) is 18.2 Å². The number of hydrogen-bond acceptors (Lipinski definition) is 1. The number of aromatic amines is 1. The molecule has 0 aliphatic rings. The van der Waals surface area contributed by atoms with Crippen LogP contribution in [0, 0.1) is 0 Å². The molecular weight excluding hydrogens is 369 g/mol. The molecule has 0 atom stereocenters. The van der Waals surface area contributed by atoms with Gasteiger partial charge in [0.05, 0.1) is 10.0 Å². The maximum absolute atomic E-state index is 11.9. The molecule has 1 aromatic heterocycles. The Morgan fingerprint density at radius 1 is 1.04 bits per heavy atom. The van der Waals surface area contributed by atoms with Crippen LogP contribution in [0.3, 0.4) is 0 Å². The number of halogens is 3. The summed E-state index contributed by atoms with van der Waals surface area (Å²) < 4.78 is 0. The number of amides is 2. The van der Waals surface area contributed by atoms with Gasteiger partial charge in [-0.25, -0.2) is 4.79 Å². The molecule has 0 aliphatic carbocycles. The Morgan fingerprint density at radius 2 is 1.88 bits per heavy atom. The van der Waals surface area contributed by atoms with E-state index in [0.29, 0.717) is 33.7 Å². The molecule has 3 N–H and O–H groups in total. The molecule has 24 heavy (non-hydrogen) atoms. The Bertz CT molecular complexity index is 892. The molecule has 0 bridgehead atoms. The zero-order valence-electron chi connectivity index (χ0n) is 12.5. The third-order valence-electron chi connectivity index (χ3n) is 3.59. The first-order valence-electron chi connectivity index (χ1n) is 7.28. The van der Waals surface area contributed by atoms with Gasteiger partial charge >= 0.3 is 6.03 Å². The van der Waals surface area contributed by atoms with E-state index in [-0.39, 0.29) is 6.03 Å². The number of carbonyl (C=O) groups excluding carboxylic acids is 1. The third kappa shape index (κ3) is 3.96. The molecule has 2 aromatic carbocycles. The number of anilines is 1. The molecule has 0 saturated carbocycles. The lowest BCUT2D eigenvalue weighted by Crippen LogP contribution is -2.30. The van der Waals surface area contributed by atoms with Crippen LogP contribution < -0.4 is 10.6 Å². The summed E-state index contributed by atoms with van der Waals surface area (Å²) in [6.45, 7) is 0.493. The maximum Gasteiger partial charge on any atom is 0.319 e. The van der Waals surface area contributed by atoms with Crippen molar-refractivity contribution in [2.75, 3.05) is 11.9 Å². The molecule has 7 heteroatoms. The van der Waals surface area contributed by atoms with E-state index < -0.39 is 0 Å². The van der Waals surface area contributed by atoms with Crippen molar-refractivity contribution in [2.24, 2.45) is 0 Å². The molecule has 0 aliphatic heterocycles. The van der Waals surface area contributed by atoms with Gasteiger partial charge in [0.25, 0.3) is 0 Å². The summed E-state index contributed by atoms with van der Waals surface area (Å²) in [5.41, 5.74) is 2.71. The Hall–Kier alpha value is -1.88. The number of hydrogen-bond donors (Lipinski definition) is 3. The quantitative estimate of drug-likeness (QED) is 0.549. The van der Waals surface area contributed by atoms with Crippen molar-refractivity contribution in [3.05, 3.63) is 63.2 Å². The number of fused-ring (bicyclic) bond motifs is 1. The van der Waals surface area contributed by atoms with Crippen LogP contribution in [0.5, 0.6) is 0 Å². The van der Waals surface area contributed by atoms with Gasteiger partial charge in [-0.2, -0.15) is 0 Å². The van der Waals surface area contributed by atoms with Gasteiger partial charge in [0, 0.05) is 34.4 Å². The molecule has 3 rings (SSSR count). The van der Waals surface area contributed by atoms with Gasteiger partial charge in [-0.1, -0.05) is 34.8 Å². The predicted molar refractivity (Wildman–Crippen MR) is 100 cm³/mol. The van der Waals surface area contributed by atoms with Crippen LogP contribution in [0.25, 0.3) is 10.9 Å². The van der Waals surface area contributed by atoms with Gasteiger partial charge in [0.1, 0.15) is 0 Å². The average molecular weight is 383 g/mol. The average Bonchev–Trinajstić information content (AvgIpc) is 2.93. The zero-order chi connectivity index (χ0) is 17.1. The second-order valence-corrected chi connectivity index (χ2v) is 6.51. The molecule has 1 heterocycles. The van der Waals surface area contributed by atoms with Crippen molar-refractivity contribution in [1.82, 2.24) is 10.3 Å². The molecule has 3 aromatic rings. The van der Waals surface area contributed by atoms with Gasteiger partial charge in [-0.05, 0) is 48.4 Å². The SMILES string of the molecule is O=C(NCCc1c[nH]c2ccc(Cl)cc12)Nc1ccc(Cl)c(Cl)c1. The first-order chi connectivity index (χ1) is 11.5. The van der Waals surface area contributed by atoms with Crippen LogP contribution in [0.4, 0.5) is 10.5 Å². The lowest BCUT2D eigenvalue weighted by atomic mass is 10.1. The second kappa shape index (κ2) is 7.34. The number of carbonyl (C=O) groups is 1. The molecular formula is C17H14Cl3N3O. The minimum Gasteiger partial charge on any atom is -0.361 e. The summed E-state index contributed by atoms with van der Waals surface area (Å²) in [6, 6.07) is 10.3. The van der Waals surface area contributed by atoms with E-state index in [1.807, 2.05) is 24.4 Å². The van der Waals surface area contributed by atoms with E-state index in [1.165, 1.54) is 0 Å². The second-order valence-electron chi connectivity index (χ2n) is 5.26. The maximum atomic E-state index is 11.9. The zero-order valence-corrected chi connectivity index (χ0v) is 14.8. The number of H-pyrrole nitrogens is 1. The fourth-order valence-electron chi connectivity index (χ4n) is 2.42. The van der Waals surface area contributed by atoms with Gasteiger partial charge in [-0.15, -0.1) is 0 Å². The number of urea groups is 1. The van der Waals surface area contributed by atoms with Crippen LogP contribution in [-0.4, -0.2) is 17.6 Å². The standard InChI is InChI=1S/C17H14Cl3N3O/c18-11-1-4-16-13(7-11)10(9-22-16)5-6-21-17(24)23-12-2-3-14(19)15(20)8-12/h1-4,7-9,22H,5-6H2,(H2,21,23,24). The van der Waals surface area contributed by atoms with E-state index in [9.17, 15) is 4.79 Å². The Labute approximate surface area is 154 Å². The highest BCUT2D eigenvalue weighted by Crippen LogP contribution is 2.25. The lowest BCUT2D eigenvalue weighted by Gasteiger charge is -2.08. The minimum absolute atomic E-state index is 0.300. The summed E-state index contributed by atoms with van der Waals surface area (Å²) >= 11 is 17.8. The number of aromatic nitrogens is 1. The summed E-state index contributed by atoms with van der Waals surface area (Å²) in [6.07, 6.45) is 2.62. The Kier molecular flexibility index (Phi) is 5.19. The first kappa shape index (κ1) is 17.0. The highest BCUT2D eigenvalue weighted by Gasteiger charge is 2.07. The van der Waals surface area contributed by atoms with Crippen molar-refractivity contribution in [1.29, 1.82) is 0 Å². The first-order valence-corrected chi connectivity index (χ1v) is 8.42. The van der Waals surface area contributed by atoms with Crippen LogP contribution in [0.15, 0.2) is 42.6 Å². The number of benzene rings is 2. The molecule has 0 spiro atoms. The summed E-state index contributed by atoms with van der Waals surface area (Å²) in [7, 11) is 0. The Balaban J connectivity index is 1.56. The van der Waals surface area contributed by atoms with Crippen LogP contribution in [0.1, 0.15) is 5.56 Å². The largest absolute Gasteiger partial charge is 0.361 e. The van der Waals surface area contributed by atoms with E-state index in [2.05, 4.69) is 15.6 Å². The summed E-state index contributed by atoms with van der Waals surface area (Å²) in [5.74, 6) is 0. The molecule has 4 nitrogen and oxygen atoms in total. The molecule has 0 saturated heterocycles. The number of nitrogens with one attached hydrogen (secondary N) is 3.